The van der Waals surface area contributed by atoms with Gasteiger partial charge in [-0.3, -0.25) is 0 Å². The van der Waals surface area contributed by atoms with Gasteiger partial charge in [0, 0.05) is 6.07 Å². The molecule has 1 aliphatic heterocycles. The van der Waals surface area contributed by atoms with E-state index in [1.807, 2.05) is 0 Å². The third-order valence-corrected chi connectivity index (χ3v) is 1.61. The number of fused-ring (bicyclic) bond motifs is 1. The van der Waals surface area contributed by atoms with Crippen LogP contribution >= 0.6 is 0 Å². The monoisotopic (exact) mass is 164 g/mol. The molecule has 12 heavy (non-hydrogen) atoms. The van der Waals surface area contributed by atoms with E-state index in [2.05, 4.69) is 4.84 Å². The average Bonchev–Trinajstić information content (AvgIpc) is 2.02. The van der Waals surface area contributed by atoms with Crippen molar-refractivity contribution >= 4 is 11.7 Å². The highest BCUT2D eigenvalue weighted by Gasteiger charge is 2.33. The van der Waals surface area contributed by atoms with Crippen molar-refractivity contribution < 1.29 is 19.6 Å². The van der Waals surface area contributed by atoms with E-state index in [0.717, 1.165) is 0 Å². The molecule has 0 unspecified atom stereocenters. The van der Waals surface area contributed by atoms with Crippen LogP contribution in [0.1, 0.15) is 10.4 Å². The van der Waals surface area contributed by atoms with Crippen LogP contribution in [0.5, 0.6) is 5.75 Å². The number of hydrogen-bond donors (Lipinski definition) is 1. The van der Waals surface area contributed by atoms with E-state index in [9.17, 15) is 4.79 Å². The topological polar surface area (TPSA) is 71.8 Å². The molecule has 0 aliphatic carbocycles. The summed E-state index contributed by atoms with van der Waals surface area (Å²) in [5.74, 6) is -0.868. The molecule has 1 heterocycles. The fourth-order valence-corrected chi connectivity index (χ4v) is 1.04. The lowest BCUT2D eigenvalue weighted by Crippen LogP contribution is -2.20. The first-order valence-electron chi connectivity index (χ1n) is 3.23. The van der Waals surface area contributed by atoms with E-state index in [1.54, 1.807) is 6.07 Å². The van der Waals surface area contributed by atoms with Gasteiger partial charge in [-0.1, -0.05) is 10.9 Å². The number of aromatic carboxylic acids is 1. The Morgan fingerprint density at radius 1 is 1.58 bits per heavy atom. The number of hydrogen-bond acceptors (Lipinski definition) is 2. The number of benzene rings is 1. The van der Waals surface area contributed by atoms with Gasteiger partial charge >= 0.3 is 5.97 Å². The van der Waals surface area contributed by atoms with Gasteiger partial charge in [0.2, 0.25) is 0 Å². The Morgan fingerprint density at radius 2 is 2.33 bits per heavy atom. The molecule has 0 bridgehead atoms. The molecule has 1 aromatic carbocycles. The van der Waals surface area contributed by atoms with Crippen LogP contribution in [0.15, 0.2) is 18.2 Å². The Kier molecular flexibility index (Phi) is 1.15. The average molecular weight is 164 g/mol. The van der Waals surface area contributed by atoms with E-state index in [1.165, 1.54) is 12.1 Å². The Morgan fingerprint density at radius 3 is 2.92 bits per heavy atom. The summed E-state index contributed by atoms with van der Waals surface area (Å²) < 4.78 is 0. The van der Waals surface area contributed by atoms with E-state index in [4.69, 9.17) is 10.6 Å². The zero-order chi connectivity index (χ0) is 8.72. The molecule has 1 aromatic rings. The van der Waals surface area contributed by atoms with Crippen molar-refractivity contribution in [3.63, 3.8) is 0 Å². The second kappa shape index (κ2) is 2.04. The van der Waals surface area contributed by atoms with Crippen molar-refractivity contribution in [3.05, 3.63) is 29.3 Å². The molecule has 0 fully saturated rings. The maximum Gasteiger partial charge on any atom is 0.340 e. The second-order valence-electron chi connectivity index (χ2n) is 2.32. The minimum Gasteiger partial charge on any atom is -0.478 e. The van der Waals surface area contributed by atoms with Gasteiger partial charge in [0.05, 0.1) is 0 Å². The first kappa shape index (κ1) is 6.78. The van der Waals surface area contributed by atoms with E-state index in [-0.39, 0.29) is 11.3 Å². The first-order valence-corrected chi connectivity index (χ1v) is 3.23. The van der Waals surface area contributed by atoms with Gasteiger partial charge in [-0.15, -0.1) is 0 Å². The quantitative estimate of drug-likeness (QED) is 0.637. The normalized spacial score (nSPS) is 12.8. The van der Waals surface area contributed by atoms with Crippen molar-refractivity contribution in [1.82, 2.24) is 0 Å². The summed E-state index contributed by atoms with van der Waals surface area (Å²) in [6, 6.07) is 4.51. The summed E-state index contributed by atoms with van der Waals surface area (Å²) in [4.78, 5) is 15.6. The van der Waals surface area contributed by atoms with Gasteiger partial charge in [-0.25, -0.2) is 9.63 Å². The van der Waals surface area contributed by atoms with E-state index in [0.29, 0.717) is 10.5 Å². The van der Waals surface area contributed by atoms with Crippen molar-refractivity contribution in [2.45, 2.75) is 0 Å². The standard InChI is InChI=1S/C7H4N2O3/c8-9-5-3-1-2-4(7(10)11)6(5)12-9/h1-3H,(H,10,11). The SMILES string of the molecule is [N-]=[N+]1Oc2c(C(=O)O)cccc21. The zero-order valence-electron chi connectivity index (χ0n) is 5.89. The molecule has 1 N–H and O–H groups in total. The minimum atomic E-state index is -1.07. The molecule has 0 aromatic heterocycles. The molecule has 2 rings (SSSR count). The highest BCUT2D eigenvalue weighted by molar-refractivity contribution is 5.92. The number of nitrogens with zero attached hydrogens (tertiary/aromatic N) is 2. The third-order valence-electron chi connectivity index (χ3n) is 1.61. The fourth-order valence-electron chi connectivity index (χ4n) is 1.04. The van der Waals surface area contributed by atoms with Crippen LogP contribution < -0.4 is 4.84 Å². The van der Waals surface area contributed by atoms with Crippen LogP contribution in [-0.2, 0) is 0 Å². The fraction of sp³-hybridized carbons (Fsp3) is 0. The molecule has 0 saturated carbocycles. The Balaban J connectivity index is 2.60. The summed E-state index contributed by atoms with van der Waals surface area (Å²) in [6.45, 7) is 0. The summed E-state index contributed by atoms with van der Waals surface area (Å²) in [5.41, 5.74) is 9.25. The zero-order valence-corrected chi connectivity index (χ0v) is 5.89. The summed E-state index contributed by atoms with van der Waals surface area (Å²) in [6.07, 6.45) is 0. The first-order chi connectivity index (χ1) is 5.70. The van der Waals surface area contributed by atoms with Gasteiger partial charge < -0.3 is 10.6 Å². The van der Waals surface area contributed by atoms with Gasteiger partial charge in [0.25, 0.3) is 11.4 Å². The molecule has 0 spiro atoms. The van der Waals surface area contributed by atoms with Crippen molar-refractivity contribution in [3.8, 4) is 5.75 Å². The van der Waals surface area contributed by atoms with Crippen LogP contribution in [0.3, 0.4) is 0 Å². The lowest BCUT2D eigenvalue weighted by molar-refractivity contribution is -0.731. The summed E-state index contributed by atoms with van der Waals surface area (Å²) in [5, 5.41) is 8.63. The highest BCUT2D eigenvalue weighted by Crippen LogP contribution is 2.39. The van der Waals surface area contributed by atoms with Crippen molar-refractivity contribution in [1.29, 1.82) is 0 Å². The van der Waals surface area contributed by atoms with Crippen LogP contribution in [0.2, 0.25) is 0 Å². The predicted octanol–water partition coefficient (Wildman–Crippen LogP) is 1.36. The molecule has 5 nitrogen and oxygen atoms in total. The van der Waals surface area contributed by atoms with Gasteiger partial charge in [-0.05, 0) is 6.07 Å². The summed E-state index contributed by atoms with van der Waals surface area (Å²) in [7, 11) is 0. The Bertz CT molecular complexity index is 386. The van der Waals surface area contributed by atoms with Crippen molar-refractivity contribution in [2.75, 3.05) is 0 Å². The molecule has 1 aliphatic rings. The van der Waals surface area contributed by atoms with Crippen LogP contribution in [0.4, 0.5) is 5.69 Å². The predicted molar refractivity (Wildman–Crippen MR) is 37.3 cm³/mol. The molecular weight excluding hydrogens is 160 g/mol. The molecule has 60 valence electrons. The Labute approximate surface area is 67.3 Å². The van der Waals surface area contributed by atoms with E-state index >= 15 is 0 Å². The molecule has 0 radical (unpaired) electrons. The highest BCUT2D eigenvalue weighted by atomic mass is 16.7. The van der Waals surface area contributed by atoms with Crippen LogP contribution in [0.25, 0.3) is 5.53 Å². The number of carboxylic acid groups (broad SMARTS) is 1. The van der Waals surface area contributed by atoms with Gasteiger partial charge in [0.15, 0.2) is 0 Å². The lowest BCUT2D eigenvalue weighted by Gasteiger charge is -2.16. The Hall–Kier alpha value is -1.91. The largest absolute Gasteiger partial charge is 0.478 e. The van der Waals surface area contributed by atoms with Crippen molar-refractivity contribution in [2.24, 2.45) is 0 Å². The maximum atomic E-state index is 10.5. The van der Waals surface area contributed by atoms with E-state index < -0.39 is 5.97 Å². The molecule has 0 atom stereocenters. The minimum absolute atomic E-state index is 0.0535. The molecule has 0 amide bonds. The van der Waals surface area contributed by atoms with Gasteiger partial charge in [-0.2, -0.15) is 0 Å². The van der Waals surface area contributed by atoms with Gasteiger partial charge in [0.1, 0.15) is 5.56 Å². The summed E-state index contributed by atoms with van der Waals surface area (Å²) >= 11 is 0. The van der Waals surface area contributed by atoms with Crippen LogP contribution in [-0.4, -0.2) is 15.9 Å². The number of carbonyl (C=O) groups is 1. The maximum absolute atomic E-state index is 10.5. The third kappa shape index (κ3) is 0.701. The smallest absolute Gasteiger partial charge is 0.340 e. The molecule has 0 saturated heterocycles. The lowest BCUT2D eigenvalue weighted by atomic mass is 10.1. The molecule has 5 heteroatoms. The number of rotatable bonds is 1. The number of para-hydroxylation sites is 1. The second-order valence-corrected chi connectivity index (χ2v) is 2.32. The molecular formula is C7H4N2O3. The van der Waals surface area contributed by atoms with Crippen LogP contribution in [0, 0.1) is 0 Å². The number of carboxylic acids is 1.